The molecule has 0 aliphatic carbocycles. The fourth-order valence-electron chi connectivity index (χ4n) is 1.38. The van der Waals surface area contributed by atoms with E-state index in [9.17, 15) is 14.4 Å². The number of hydrogen-bond acceptors (Lipinski definition) is 3. The zero-order valence-electron chi connectivity index (χ0n) is 9.40. The van der Waals surface area contributed by atoms with E-state index in [1.54, 1.807) is 13.6 Å². The minimum Gasteiger partial charge on any atom is -0.354 e. The molecule has 1 aromatic heterocycles. The van der Waals surface area contributed by atoms with Crippen molar-refractivity contribution in [1.82, 2.24) is 14.2 Å². The largest absolute Gasteiger partial charge is 0.354 e. The Morgan fingerprint density at radius 2 is 2.12 bits per heavy atom. The number of aromatic nitrogens is 2. The van der Waals surface area contributed by atoms with Crippen molar-refractivity contribution in [3.05, 3.63) is 32.6 Å². The van der Waals surface area contributed by atoms with Crippen LogP contribution < -0.4 is 16.6 Å². The van der Waals surface area contributed by atoms with Crippen LogP contribution in [0, 0.1) is 0 Å². The van der Waals surface area contributed by atoms with Crippen molar-refractivity contribution in [2.24, 2.45) is 0 Å². The van der Waals surface area contributed by atoms with Gasteiger partial charge >= 0.3 is 5.69 Å². The molecule has 0 saturated heterocycles. The number of amides is 1. The van der Waals surface area contributed by atoms with Crippen molar-refractivity contribution >= 4 is 14.6 Å². The molecule has 0 aromatic carbocycles. The van der Waals surface area contributed by atoms with Gasteiger partial charge in [-0.05, 0) is 22.3 Å². The summed E-state index contributed by atoms with van der Waals surface area (Å²) >= 11 is 0. The molecule has 1 unspecified atom stereocenters. The SMILES string of the molecule is CCn1c(=O)cc(C(=O)NC)n(PC)c1=O. The molecule has 1 rings (SSSR count). The standard InChI is InChI=1S/C9H14N3O3P/c1-4-11-7(13)5-6(8(14)10-2)12(16-3)9(11)15/h5,16H,4H2,1-3H3,(H,10,14). The normalized spacial score (nSPS) is 10.9. The predicted octanol–water partition coefficient (Wildman–Crippen LogP) is -0.539. The molecule has 1 heterocycles. The average molecular weight is 243 g/mol. The summed E-state index contributed by atoms with van der Waals surface area (Å²) in [5.41, 5.74) is -0.766. The monoisotopic (exact) mass is 243 g/mol. The summed E-state index contributed by atoms with van der Waals surface area (Å²) in [5.74, 6) is -0.424. The Kier molecular flexibility index (Phi) is 4.01. The van der Waals surface area contributed by atoms with Crippen molar-refractivity contribution in [2.45, 2.75) is 13.5 Å². The summed E-state index contributed by atoms with van der Waals surface area (Å²) in [4.78, 5) is 34.9. The van der Waals surface area contributed by atoms with Crippen LogP contribution >= 0.6 is 8.73 Å². The maximum absolute atomic E-state index is 11.8. The van der Waals surface area contributed by atoms with E-state index in [0.717, 1.165) is 4.57 Å². The Balaban J connectivity index is 3.60. The van der Waals surface area contributed by atoms with Crippen LogP contribution in [0.25, 0.3) is 0 Å². The van der Waals surface area contributed by atoms with Crippen LogP contribution in [0.5, 0.6) is 0 Å². The van der Waals surface area contributed by atoms with Crippen LogP contribution in [0.1, 0.15) is 17.4 Å². The van der Waals surface area contributed by atoms with Crippen LogP contribution in [-0.2, 0) is 6.54 Å². The minimum absolute atomic E-state index is 0.103. The van der Waals surface area contributed by atoms with Gasteiger partial charge in [-0.2, -0.15) is 0 Å². The molecule has 0 spiro atoms. The van der Waals surface area contributed by atoms with E-state index in [0.29, 0.717) is 6.54 Å². The molecule has 6 nitrogen and oxygen atoms in total. The number of rotatable bonds is 3. The van der Waals surface area contributed by atoms with Gasteiger partial charge in [0.05, 0.1) is 0 Å². The lowest BCUT2D eigenvalue weighted by Crippen LogP contribution is -2.40. The lowest BCUT2D eigenvalue weighted by molar-refractivity contribution is 0.0956. The summed E-state index contributed by atoms with van der Waals surface area (Å²) in [5, 5.41) is 2.41. The molecular weight excluding hydrogens is 229 g/mol. The van der Waals surface area contributed by atoms with E-state index in [4.69, 9.17) is 0 Å². The van der Waals surface area contributed by atoms with Crippen LogP contribution in [0.4, 0.5) is 0 Å². The second-order valence-corrected chi connectivity index (χ2v) is 3.93. The quantitative estimate of drug-likeness (QED) is 0.725. The van der Waals surface area contributed by atoms with Crippen molar-refractivity contribution in [1.29, 1.82) is 0 Å². The molecule has 1 aromatic rings. The first-order valence-electron chi connectivity index (χ1n) is 4.83. The van der Waals surface area contributed by atoms with E-state index >= 15 is 0 Å². The molecule has 1 amide bonds. The van der Waals surface area contributed by atoms with Gasteiger partial charge in [0.1, 0.15) is 5.69 Å². The molecule has 0 aliphatic heterocycles. The van der Waals surface area contributed by atoms with Gasteiger partial charge in [0.2, 0.25) is 0 Å². The first kappa shape index (κ1) is 12.6. The van der Waals surface area contributed by atoms with Gasteiger partial charge in [-0.15, -0.1) is 0 Å². The fraction of sp³-hybridized carbons (Fsp3) is 0.444. The Morgan fingerprint density at radius 1 is 1.50 bits per heavy atom. The molecular formula is C9H14N3O3P. The third kappa shape index (κ3) is 2.07. The van der Waals surface area contributed by atoms with Gasteiger partial charge in [-0.3, -0.25) is 18.5 Å². The Labute approximate surface area is 94.1 Å². The summed E-state index contributed by atoms with van der Waals surface area (Å²) in [7, 11) is 1.56. The summed E-state index contributed by atoms with van der Waals surface area (Å²) in [6.07, 6.45) is 0. The second-order valence-electron chi connectivity index (χ2n) is 3.03. The van der Waals surface area contributed by atoms with Crippen LogP contribution in [0.15, 0.2) is 15.7 Å². The molecule has 0 bridgehead atoms. The zero-order chi connectivity index (χ0) is 12.3. The highest BCUT2D eigenvalue weighted by Crippen LogP contribution is 2.07. The predicted molar refractivity (Wildman–Crippen MR) is 63.7 cm³/mol. The van der Waals surface area contributed by atoms with Crippen LogP contribution in [-0.4, -0.2) is 28.5 Å². The van der Waals surface area contributed by atoms with Crippen molar-refractivity contribution in [3.63, 3.8) is 0 Å². The Bertz CT molecular complexity index is 518. The summed E-state index contributed by atoms with van der Waals surface area (Å²) in [6, 6.07) is 1.19. The average Bonchev–Trinajstić information content (AvgIpc) is 2.28. The smallest absolute Gasteiger partial charge is 0.334 e. The Hall–Kier alpha value is -1.42. The van der Waals surface area contributed by atoms with Gasteiger partial charge in [-0.25, -0.2) is 4.79 Å². The van der Waals surface area contributed by atoms with Crippen LogP contribution in [0.3, 0.4) is 0 Å². The number of nitrogens with zero attached hydrogens (tertiary/aromatic N) is 2. The molecule has 1 atom stereocenters. The molecule has 16 heavy (non-hydrogen) atoms. The van der Waals surface area contributed by atoms with Gasteiger partial charge < -0.3 is 5.32 Å². The number of carbonyl (C=O) groups is 1. The van der Waals surface area contributed by atoms with Crippen LogP contribution in [0.2, 0.25) is 0 Å². The topological polar surface area (TPSA) is 73.1 Å². The fourth-order valence-corrected chi connectivity index (χ4v) is 2.10. The molecule has 0 fully saturated rings. The summed E-state index contributed by atoms with van der Waals surface area (Å²) in [6.45, 7) is 3.79. The van der Waals surface area contributed by atoms with Gasteiger partial charge in [0, 0.05) is 19.7 Å². The first-order chi connectivity index (χ1) is 7.56. The molecule has 0 radical (unpaired) electrons. The van der Waals surface area contributed by atoms with E-state index in [2.05, 4.69) is 5.32 Å². The lowest BCUT2D eigenvalue weighted by atomic mass is 10.4. The van der Waals surface area contributed by atoms with E-state index < -0.39 is 17.2 Å². The molecule has 0 saturated carbocycles. The van der Waals surface area contributed by atoms with E-state index in [1.165, 1.54) is 17.5 Å². The number of carbonyl (C=O) groups excluding carboxylic acids is 1. The third-order valence-corrected chi connectivity index (χ3v) is 3.07. The van der Waals surface area contributed by atoms with Gasteiger partial charge in [0.25, 0.3) is 11.5 Å². The molecule has 1 N–H and O–H groups in total. The molecule has 88 valence electrons. The highest BCUT2D eigenvalue weighted by atomic mass is 31.1. The van der Waals surface area contributed by atoms with Gasteiger partial charge in [-0.1, -0.05) is 0 Å². The Morgan fingerprint density at radius 3 is 2.56 bits per heavy atom. The van der Waals surface area contributed by atoms with Gasteiger partial charge in [0.15, 0.2) is 0 Å². The molecule has 0 aliphatic rings. The van der Waals surface area contributed by atoms with E-state index in [-0.39, 0.29) is 14.4 Å². The second kappa shape index (κ2) is 5.07. The first-order valence-corrected chi connectivity index (χ1v) is 6.28. The van der Waals surface area contributed by atoms with E-state index in [1.807, 2.05) is 0 Å². The van der Waals surface area contributed by atoms with Crippen molar-refractivity contribution in [3.8, 4) is 0 Å². The lowest BCUT2D eigenvalue weighted by Gasteiger charge is -2.11. The molecule has 7 heteroatoms. The minimum atomic E-state index is -0.444. The maximum Gasteiger partial charge on any atom is 0.334 e. The summed E-state index contributed by atoms with van der Waals surface area (Å²) < 4.78 is 2.41. The maximum atomic E-state index is 11.8. The third-order valence-electron chi connectivity index (χ3n) is 2.19. The van der Waals surface area contributed by atoms with Crippen molar-refractivity contribution in [2.75, 3.05) is 13.7 Å². The van der Waals surface area contributed by atoms with Crippen molar-refractivity contribution < 1.29 is 4.79 Å². The highest BCUT2D eigenvalue weighted by molar-refractivity contribution is 7.35. The highest BCUT2D eigenvalue weighted by Gasteiger charge is 2.14. The zero-order valence-corrected chi connectivity index (χ0v) is 10.4. The number of hydrogen-bond donors (Lipinski definition) is 1. The number of nitrogens with one attached hydrogen (secondary N) is 1.